The van der Waals surface area contributed by atoms with Gasteiger partial charge in [0.15, 0.2) is 0 Å². The lowest BCUT2D eigenvalue weighted by atomic mass is 10.2. The zero-order valence-electron chi connectivity index (χ0n) is 11.1. The van der Waals surface area contributed by atoms with Gasteiger partial charge in [-0.25, -0.2) is 0 Å². The Morgan fingerprint density at radius 1 is 1.00 bits per heavy atom. The van der Waals surface area contributed by atoms with Crippen molar-refractivity contribution in [1.82, 2.24) is 0 Å². The van der Waals surface area contributed by atoms with E-state index in [9.17, 15) is 0 Å². The second kappa shape index (κ2) is 6.91. The summed E-state index contributed by atoms with van der Waals surface area (Å²) in [5.41, 5.74) is 0. The minimum Gasteiger partial charge on any atom is -0.373 e. The van der Waals surface area contributed by atoms with Gasteiger partial charge in [-0.3, -0.25) is 0 Å². The second-order valence-corrected chi connectivity index (χ2v) is 6.63. The maximum absolute atomic E-state index is 6.12. The Balaban J connectivity index is 2.96. The van der Waals surface area contributed by atoms with Gasteiger partial charge in [0.1, 0.15) is 0 Å². The summed E-state index contributed by atoms with van der Waals surface area (Å²) in [7, 11) is 0.591. The van der Waals surface area contributed by atoms with Gasteiger partial charge in [-0.15, -0.1) is 0 Å². The standard InChI is InChI=1S/C13H22O3Si/c1-5-12(6-2)16-17(14-3,15-4)13-10-8-7-9-11-13/h7-12H,5-6H2,1-4H3. The van der Waals surface area contributed by atoms with E-state index in [1.165, 1.54) is 0 Å². The number of rotatable bonds is 7. The van der Waals surface area contributed by atoms with Gasteiger partial charge >= 0.3 is 8.80 Å². The van der Waals surface area contributed by atoms with E-state index in [0.717, 1.165) is 18.0 Å². The van der Waals surface area contributed by atoms with Crippen LogP contribution < -0.4 is 5.19 Å². The van der Waals surface area contributed by atoms with Crippen LogP contribution in [0.3, 0.4) is 0 Å². The SMILES string of the molecule is CCC(CC)O[Si](OC)(OC)c1ccccc1. The molecule has 96 valence electrons. The molecule has 1 rings (SSSR count). The molecule has 0 fully saturated rings. The molecule has 0 atom stereocenters. The Morgan fingerprint density at radius 2 is 1.53 bits per heavy atom. The van der Waals surface area contributed by atoms with Crippen molar-refractivity contribution in [3.63, 3.8) is 0 Å². The lowest BCUT2D eigenvalue weighted by Gasteiger charge is -2.30. The first kappa shape index (κ1) is 14.4. The van der Waals surface area contributed by atoms with Gasteiger partial charge in [0.2, 0.25) is 0 Å². The summed E-state index contributed by atoms with van der Waals surface area (Å²) < 4.78 is 17.3. The average molecular weight is 254 g/mol. The summed E-state index contributed by atoms with van der Waals surface area (Å²) in [4.78, 5) is 0. The highest BCUT2D eigenvalue weighted by Gasteiger charge is 2.43. The lowest BCUT2D eigenvalue weighted by Crippen LogP contribution is -2.57. The molecule has 0 amide bonds. The molecule has 0 N–H and O–H groups in total. The summed E-state index contributed by atoms with van der Waals surface area (Å²) >= 11 is 0. The molecule has 0 heterocycles. The highest BCUT2D eigenvalue weighted by atomic mass is 28.4. The zero-order valence-corrected chi connectivity index (χ0v) is 12.1. The molecule has 1 aromatic carbocycles. The summed E-state index contributed by atoms with van der Waals surface area (Å²) in [6.07, 6.45) is 2.11. The fourth-order valence-corrected chi connectivity index (χ4v) is 4.14. The first-order valence-electron chi connectivity index (χ1n) is 6.06. The van der Waals surface area contributed by atoms with Crippen molar-refractivity contribution in [2.24, 2.45) is 0 Å². The highest BCUT2D eigenvalue weighted by Crippen LogP contribution is 2.15. The smallest absolute Gasteiger partial charge is 0.373 e. The maximum Gasteiger partial charge on any atom is 0.536 e. The zero-order chi connectivity index (χ0) is 12.7. The van der Waals surface area contributed by atoms with Crippen molar-refractivity contribution in [3.8, 4) is 0 Å². The monoisotopic (exact) mass is 254 g/mol. The van der Waals surface area contributed by atoms with Gasteiger partial charge in [-0.2, -0.15) is 0 Å². The van der Waals surface area contributed by atoms with Gasteiger partial charge in [-0.1, -0.05) is 44.2 Å². The minimum absolute atomic E-state index is 0.182. The van der Waals surface area contributed by atoms with E-state index < -0.39 is 8.80 Å². The predicted molar refractivity (Wildman–Crippen MR) is 71.3 cm³/mol. The van der Waals surface area contributed by atoms with Gasteiger partial charge in [0, 0.05) is 25.5 Å². The van der Waals surface area contributed by atoms with Crippen LogP contribution in [-0.4, -0.2) is 29.1 Å². The molecule has 0 saturated heterocycles. The van der Waals surface area contributed by atoms with Crippen LogP contribution in [0.25, 0.3) is 0 Å². The fourth-order valence-electron chi connectivity index (χ4n) is 1.80. The van der Waals surface area contributed by atoms with E-state index in [1.807, 2.05) is 30.3 Å². The van der Waals surface area contributed by atoms with Crippen LogP contribution >= 0.6 is 0 Å². The van der Waals surface area contributed by atoms with Crippen molar-refractivity contribution >= 4 is 14.0 Å². The Morgan fingerprint density at radius 3 is 1.94 bits per heavy atom. The topological polar surface area (TPSA) is 27.7 Å². The van der Waals surface area contributed by atoms with Crippen molar-refractivity contribution in [2.45, 2.75) is 32.8 Å². The van der Waals surface area contributed by atoms with Gasteiger partial charge < -0.3 is 13.3 Å². The van der Waals surface area contributed by atoms with E-state index in [2.05, 4.69) is 13.8 Å². The molecule has 17 heavy (non-hydrogen) atoms. The van der Waals surface area contributed by atoms with Crippen molar-refractivity contribution in [2.75, 3.05) is 14.2 Å². The van der Waals surface area contributed by atoms with Crippen molar-refractivity contribution in [3.05, 3.63) is 30.3 Å². The molecule has 0 radical (unpaired) electrons. The molecule has 0 bridgehead atoms. The number of hydrogen-bond acceptors (Lipinski definition) is 3. The third-order valence-corrected chi connectivity index (χ3v) is 5.66. The van der Waals surface area contributed by atoms with E-state index in [4.69, 9.17) is 13.3 Å². The minimum atomic E-state index is -2.72. The third-order valence-electron chi connectivity index (χ3n) is 2.90. The summed E-state index contributed by atoms with van der Waals surface area (Å²) in [5.74, 6) is 0. The normalized spacial score (nSPS) is 12.1. The Bertz CT molecular complexity index is 308. The maximum atomic E-state index is 6.12. The van der Waals surface area contributed by atoms with Crippen LogP contribution in [0, 0.1) is 0 Å². The molecule has 0 aliphatic rings. The Hall–Kier alpha value is -0.683. The molecule has 1 aromatic rings. The molecule has 0 aliphatic heterocycles. The van der Waals surface area contributed by atoms with Crippen LogP contribution in [0.4, 0.5) is 0 Å². The average Bonchev–Trinajstić information content (AvgIpc) is 2.42. The number of hydrogen-bond donors (Lipinski definition) is 0. The van der Waals surface area contributed by atoms with Crippen LogP contribution in [0.2, 0.25) is 0 Å². The largest absolute Gasteiger partial charge is 0.536 e. The molecular weight excluding hydrogens is 232 g/mol. The van der Waals surface area contributed by atoms with Gasteiger partial charge in [-0.05, 0) is 12.8 Å². The predicted octanol–water partition coefficient (Wildman–Crippen LogP) is 2.33. The second-order valence-electron chi connectivity index (χ2n) is 3.89. The Labute approximate surface area is 105 Å². The molecule has 0 saturated carbocycles. The van der Waals surface area contributed by atoms with Crippen LogP contribution in [0.5, 0.6) is 0 Å². The summed E-state index contributed by atoms with van der Waals surface area (Å²) in [5, 5.41) is 1.01. The summed E-state index contributed by atoms with van der Waals surface area (Å²) in [6, 6.07) is 9.94. The first-order chi connectivity index (χ1) is 8.22. The van der Waals surface area contributed by atoms with Gasteiger partial charge in [0.05, 0.1) is 0 Å². The Kier molecular flexibility index (Phi) is 5.84. The lowest BCUT2D eigenvalue weighted by molar-refractivity contribution is 0.0640. The number of benzene rings is 1. The third kappa shape index (κ3) is 3.39. The van der Waals surface area contributed by atoms with Crippen molar-refractivity contribution < 1.29 is 13.3 Å². The van der Waals surface area contributed by atoms with E-state index in [1.54, 1.807) is 14.2 Å². The summed E-state index contributed by atoms with van der Waals surface area (Å²) in [6.45, 7) is 4.23. The molecule has 3 nitrogen and oxygen atoms in total. The van der Waals surface area contributed by atoms with Crippen LogP contribution in [0.1, 0.15) is 26.7 Å². The highest BCUT2D eigenvalue weighted by molar-refractivity contribution is 6.75. The van der Waals surface area contributed by atoms with E-state index in [-0.39, 0.29) is 6.10 Å². The van der Waals surface area contributed by atoms with E-state index in [0.29, 0.717) is 0 Å². The molecule has 0 spiro atoms. The van der Waals surface area contributed by atoms with Gasteiger partial charge in [0.25, 0.3) is 0 Å². The van der Waals surface area contributed by atoms with Crippen LogP contribution in [-0.2, 0) is 13.3 Å². The molecule has 0 aromatic heterocycles. The first-order valence-corrected chi connectivity index (χ1v) is 7.78. The van der Waals surface area contributed by atoms with E-state index >= 15 is 0 Å². The van der Waals surface area contributed by atoms with Crippen molar-refractivity contribution in [1.29, 1.82) is 0 Å². The molecule has 4 heteroatoms. The molecule has 0 aliphatic carbocycles. The fraction of sp³-hybridized carbons (Fsp3) is 0.538. The van der Waals surface area contributed by atoms with Crippen LogP contribution in [0.15, 0.2) is 30.3 Å². The molecular formula is C13H22O3Si. The quantitative estimate of drug-likeness (QED) is 0.699. The molecule has 0 unspecified atom stereocenters.